The third-order valence-electron chi connectivity index (χ3n) is 11.4. The van der Waals surface area contributed by atoms with Crippen LogP contribution in [0, 0.1) is 0 Å². The Labute approximate surface area is 310 Å². The Kier molecular flexibility index (Phi) is 7.26. The summed E-state index contributed by atoms with van der Waals surface area (Å²) < 4.78 is 2.38. The highest BCUT2D eigenvalue weighted by Crippen LogP contribution is 2.50. The van der Waals surface area contributed by atoms with Crippen LogP contribution >= 0.6 is 0 Å². The maximum Gasteiger partial charge on any atom is 0.0541 e. The van der Waals surface area contributed by atoms with Crippen LogP contribution in [0.25, 0.3) is 72.0 Å². The Hall–Kier alpha value is -6.51. The maximum absolute atomic E-state index is 4.30. The van der Waals surface area contributed by atoms with Crippen LogP contribution in [0.4, 0.5) is 0 Å². The van der Waals surface area contributed by atoms with E-state index in [2.05, 4.69) is 187 Å². The third kappa shape index (κ3) is 5.21. The number of hydrogen-bond acceptors (Lipinski definition) is 1. The van der Waals surface area contributed by atoms with Crippen LogP contribution in [-0.4, -0.2) is 9.55 Å². The van der Waals surface area contributed by atoms with Gasteiger partial charge in [0, 0.05) is 34.3 Å². The van der Waals surface area contributed by atoms with Gasteiger partial charge in [0.15, 0.2) is 0 Å². The summed E-state index contributed by atoms with van der Waals surface area (Å²) in [5.41, 5.74) is 18.8. The van der Waals surface area contributed by atoms with Crippen LogP contribution in [-0.2, 0) is 5.41 Å². The largest absolute Gasteiger partial charge is 0.309 e. The Morgan fingerprint density at radius 3 is 1.57 bits per heavy atom. The normalized spacial score (nSPS) is 14.5. The van der Waals surface area contributed by atoms with Crippen molar-refractivity contribution in [1.29, 1.82) is 0 Å². The second-order valence-electron chi connectivity index (χ2n) is 14.8. The zero-order valence-electron chi connectivity index (χ0n) is 29.9. The van der Waals surface area contributed by atoms with E-state index in [9.17, 15) is 0 Å². The molecule has 0 fully saturated rings. The van der Waals surface area contributed by atoms with Gasteiger partial charge in [-0.25, -0.2) is 0 Å². The van der Waals surface area contributed by atoms with E-state index in [1.54, 1.807) is 0 Å². The van der Waals surface area contributed by atoms with E-state index < -0.39 is 0 Å². The molecule has 0 unspecified atom stereocenters. The summed E-state index contributed by atoms with van der Waals surface area (Å²) in [7, 11) is 0. The molecule has 0 spiro atoms. The number of pyridine rings is 1. The summed E-state index contributed by atoms with van der Waals surface area (Å²) in [5.74, 6) is 0. The van der Waals surface area contributed by atoms with Crippen LogP contribution in [0.3, 0.4) is 0 Å². The molecule has 252 valence electrons. The van der Waals surface area contributed by atoms with Gasteiger partial charge >= 0.3 is 0 Å². The predicted molar refractivity (Wildman–Crippen MR) is 223 cm³/mol. The van der Waals surface area contributed by atoms with Crippen molar-refractivity contribution in [3.8, 4) is 39.1 Å². The van der Waals surface area contributed by atoms with Gasteiger partial charge in [0.05, 0.1) is 11.0 Å². The van der Waals surface area contributed by atoms with E-state index in [4.69, 9.17) is 0 Å². The summed E-state index contributed by atoms with van der Waals surface area (Å²) in [4.78, 5) is 4.30. The van der Waals surface area contributed by atoms with Gasteiger partial charge in [-0.3, -0.25) is 4.98 Å². The number of aromatic nitrogens is 2. The predicted octanol–water partition coefficient (Wildman–Crippen LogP) is 13.2. The smallest absolute Gasteiger partial charge is 0.0541 e. The van der Waals surface area contributed by atoms with Crippen LogP contribution in [0.5, 0.6) is 0 Å². The fraction of sp³-hybridized carbons (Fsp3) is 0.0784. The Balaban J connectivity index is 0.918. The number of benzene rings is 6. The number of nitrogens with zero attached hydrogens (tertiary/aromatic N) is 2. The van der Waals surface area contributed by atoms with E-state index in [1.165, 1.54) is 88.7 Å². The zero-order valence-corrected chi connectivity index (χ0v) is 29.9. The summed E-state index contributed by atoms with van der Waals surface area (Å²) in [5, 5.41) is 2.57. The lowest BCUT2D eigenvalue weighted by Gasteiger charge is -2.22. The monoisotopic (exact) mass is 678 g/mol. The average molecular weight is 679 g/mol. The van der Waals surface area contributed by atoms with Gasteiger partial charge in [-0.2, -0.15) is 0 Å². The Morgan fingerprint density at radius 2 is 1.00 bits per heavy atom. The molecule has 2 aliphatic rings. The Bertz CT molecular complexity index is 2740. The van der Waals surface area contributed by atoms with Gasteiger partial charge in [-0.05, 0) is 116 Å². The molecule has 53 heavy (non-hydrogen) atoms. The van der Waals surface area contributed by atoms with Gasteiger partial charge in [0.25, 0.3) is 0 Å². The number of fused-ring (bicyclic) bond motifs is 6. The third-order valence-corrected chi connectivity index (χ3v) is 11.4. The van der Waals surface area contributed by atoms with Crippen molar-refractivity contribution in [2.75, 3.05) is 0 Å². The number of allylic oxidation sites excluding steroid dienone is 6. The molecule has 0 bridgehead atoms. The summed E-state index contributed by atoms with van der Waals surface area (Å²) >= 11 is 0. The van der Waals surface area contributed by atoms with Gasteiger partial charge in [-0.1, -0.05) is 141 Å². The molecule has 2 aliphatic carbocycles. The van der Waals surface area contributed by atoms with Crippen LogP contribution in [0.1, 0.15) is 42.5 Å². The van der Waals surface area contributed by atoms with Crippen LogP contribution < -0.4 is 0 Å². The fourth-order valence-electron chi connectivity index (χ4n) is 8.55. The molecule has 0 saturated carbocycles. The average Bonchev–Trinajstić information content (AvgIpc) is 3.51. The van der Waals surface area contributed by atoms with Crippen molar-refractivity contribution < 1.29 is 0 Å². The molecule has 6 aromatic carbocycles. The summed E-state index contributed by atoms with van der Waals surface area (Å²) in [6.07, 6.45) is 13.6. The first-order valence-corrected chi connectivity index (χ1v) is 18.5. The molecule has 8 aromatic rings. The fourth-order valence-corrected chi connectivity index (χ4v) is 8.55. The van der Waals surface area contributed by atoms with Gasteiger partial charge in [0.2, 0.25) is 0 Å². The number of para-hydroxylation sites is 2. The molecule has 2 heterocycles. The SMILES string of the molecule is CC1(C)c2cc(-c3ccc(C4=CCC=C(c5cccnc5)C=C4)cc3)ccc2-c2ccc(-c3ccc(-n4c5ccccc5c5ccccc54)cc3)cc21. The van der Waals surface area contributed by atoms with Crippen molar-refractivity contribution in [3.63, 3.8) is 0 Å². The van der Waals surface area contributed by atoms with E-state index in [0.717, 1.165) is 12.0 Å². The van der Waals surface area contributed by atoms with Crippen molar-refractivity contribution >= 4 is 33.0 Å². The lowest BCUT2D eigenvalue weighted by atomic mass is 9.81. The van der Waals surface area contributed by atoms with Crippen molar-refractivity contribution in [2.45, 2.75) is 25.7 Å². The van der Waals surface area contributed by atoms with E-state index in [-0.39, 0.29) is 5.41 Å². The molecular formula is C51H38N2. The molecule has 0 N–H and O–H groups in total. The molecule has 0 aliphatic heterocycles. The molecular weight excluding hydrogens is 641 g/mol. The second-order valence-corrected chi connectivity index (χ2v) is 14.8. The van der Waals surface area contributed by atoms with Gasteiger partial charge in [-0.15, -0.1) is 0 Å². The van der Waals surface area contributed by atoms with Crippen molar-refractivity contribution in [2.24, 2.45) is 0 Å². The van der Waals surface area contributed by atoms with E-state index >= 15 is 0 Å². The first-order valence-electron chi connectivity index (χ1n) is 18.5. The summed E-state index contributed by atoms with van der Waals surface area (Å²) in [6, 6.07) is 53.7. The van der Waals surface area contributed by atoms with Crippen molar-refractivity contribution in [1.82, 2.24) is 9.55 Å². The van der Waals surface area contributed by atoms with Gasteiger partial charge in [0.1, 0.15) is 0 Å². The van der Waals surface area contributed by atoms with E-state index in [1.807, 2.05) is 18.5 Å². The standard InChI is InChI=1S/C51H38N2/c1-51(2)47-31-39(37-20-18-36(19-21-37)34-9-7-10-35(17-16-34)41-11-8-30-52-33-41)24-28-43(47)44-29-25-40(32-48(44)51)38-22-26-42(27-23-38)53-49-14-5-3-12-45(49)46-13-4-6-15-50(46)53/h3-6,8-33H,7H2,1-2H3. The van der Waals surface area contributed by atoms with Crippen LogP contribution in [0.2, 0.25) is 0 Å². The highest BCUT2D eigenvalue weighted by Gasteiger charge is 2.36. The minimum atomic E-state index is -0.117. The lowest BCUT2D eigenvalue weighted by Crippen LogP contribution is -2.15. The second kappa shape index (κ2) is 12.3. The molecule has 0 radical (unpaired) electrons. The molecule has 10 rings (SSSR count). The highest BCUT2D eigenvalue weighted by atomic mass is 15.0. The molecule has 0 atom stereocenters. The Morgan fingerprint density at radius 1 is 0.491 bits per heavy atom. The minimum Gasteiger partial charge on any atom is -0.309 e. The lowest BCUT2D eigenvalue weighted by molar-refractivity contribution is 0.661. The number of hydrogen-bond donors (Lipinski definition) is 0. The molecule has 0 amide bonds. The summed E-state index contributed by atoms with van der Waals surface area (Å²) in [6.45, 7) is 4.75. The molecule has 0 saturated heterocycles. The van der Waals surface area contributed by atoms with E-state index in [0.29, 0.717) is 0 Å². The molecule has 2 nitrogen and oxygen atoms in total. The number of rotatable bonds is 5. The highest BCUT2D eigenvalue weighted by molar-refractivity contribution is 6.09. The minimum absolute atomic E-state index is 0.117. The molecule has 2 heteroatoms. The topological polar surface area (TPSA) is 17.8 Å². The van der Waals surface area contributed by atoms with Crippen molar-refractivity contribution in [3.05, 3.63) is 205 Å². The molecule has 2 aromatic heterocycles. The maximum atomic E-state index is 4.30. The van der Waals surface area contributed by atoms with Gasteiger partial charge < -0.3 is 4.57 Å². The first kappa shape index (κ1) is 31.2. The van der Waals surface area contributed by atoms with Crippen LogP contribution in [0.15, 0.2) is 182 Å². The zero-order chi connectivity index (χ0) is 35.5. The quantitative estimate of drug-likeness (QED) is 0.177. The first-order chi connectivity index (χ1) is 26.0.